The van der Waals surface area contributed by atoms with Gasteiger partial charge in [-0.05, 0) is 43.4 Å². The van der Waals surface area contributed by atoms with Gasteiger partial charge < -0.3 is 46.4 Å². The van der Waals surface area contributed by atoms with Crippen molar-refractivity contribution in [3.8, 4) is 43.4 Å². The first-order valence-corrected chi connectivity index (χ1v) is 31.4. The third-order valence-electron chi connectivity index (χ3n) is 13.8. The van der Waals surface area contributed by atoms with Gasteiger partial charge in [-0.25, -0.2) is 44.7 Å². The first-order valence-electron chi connectivity index (χ1n) is 26.1. The van der Waals surface area contributed by atoms with E-state index in [0.717, 1.165) is 22.7 Å². The molecule has 7 aromatic heterocycles. The summed E-state index contributed by atoms with van der Waals surface area (Å²) in [5.74, 6) is -4.40. The number of carbonyl (C=O) groups excluding carboxylic acids is 6. The molecule has 0 radical (unpaired) electrons. The van der Waals surface area contributed by atoms with Crippen molar-refractivity contribution in [3.05, 3.63) is 118 Å². The largest absolute Gasteiger partial charge is 0.480 e. The van der Waals surface area contributed by atoms with Gasteiger partial charge in [0.15, 0.2) is 6.04 Å². The van der Waals surface area contributed by atoms with Gasteiger partial charge in [0.1, 0.15) is 94.7 Å². The van der Waals surface area contributed by atoms with Crippen molar-refractivity contribution in [1.29, 1.82) is 0 Å². The van der Waals surface area contributed by atoms with Crippen LogP contribution in [0.1, 0.15) is 120 Å². The lowest BCUT2D eigenvalue weighted by atomic mass is 10.0. The number of aryl methyl sites for hydroxylation is 1. The van der Waals surface area contributed by atoms with Crippen LogP contribution in [0.5, 0.6) is 0 Å². The molecule has 0 aliphatic carbocycles. The standard InChI is InChI=1S/C54H50N14O10S6/c1-23(2)38-51-62-31(19-82-51)43(72)56-16-37(70)65-41(42(71)25-9-6-5-7-10-25)52-64-34(22-83-52)49-60-30(18-80-49)40-26(47-61-32(20-79-47)44(73)58-28(15-36(69)55-4)50-67-39(24(3)84-50)45(74)66-38)12-13-27(57-40)48-63-33(21-81-48)46-59-29(17-78-46)53(75)68-14-8-11-35(68)54(76)77/h5-7,9-10,12-13,18-23,28-29,35,38,41-42,71H,8,11,14-17H2,1-4H3,(H,55,69)(H,56,72)(H,58,73)(H,65,70)(H,66,74)(H,76,77). The number of rotatable bonds is 9. The van der Waals surface area contributed by atoms with Crippen LogP contribution in [0.25, 0.3) is 43.4 Å². The van der Waals surface area contributed by atoms with Crippen LogP contribution in [0, 0.1) is 12.8 Å². The Labute approximate surface area is 502 Å². The summed E-state index contributed by atoms with van der Waals surface area (Å²) in [6.45, 7) is 5.23. The molecular weight excluding hydrogens is 1200 g/mol. The zero-order chi connectivity index (χ0) is 58.9. The van der Waals surface area contributed by atoms with E-state index >= 15 is 0 Å². The Morgan fingerprint density at radius 2 is 1.38 bits per heavy atom. The molecule has 24 nitrogen and oxygen atoms in total. The number of aromatic nitrogens is 7. The number of likely N-dealkylation sites (tertiary alicyclic amines) is 1. The van der Waals surface area contributed by atoms with Gasteiger partial charge in [0, 0.05) is 50.9 Å². The van der Waals surface area contributed by atoms with Crippen molar-refractivity contribution in [2.45, 2.75) is 76.3 Å². The summed E-state index contributed by atoms with van der Waals surface area (Å²) in [5.41, 5.74) is 3.06. The van der Waals surface area contributed by atoms with Crippen LogP contribution in [0.4, 0.5) is 0 Å². The smallest absolute Gasteiger partial charge is 0.326 e. The number of aliphatic hydroxyl groups excluding tert-OH is 1. The molecule has 3 aliphatic rings. The number of carboxylic acids is 1. The minimum atomic E-state index is -1.27. The number of pyridine rings is 1. The normalized spacial score (nSPS) is 19.8. The van der Waals surface area contributed by atoms with E-state index in [2.05, 4.69) is 41.5 Å². The van der Waals surface area contributed by atoms with Crippen LogP contribution in [-0.2, 0) is 23.9 Å². The first kappa shape index (κ1) is 57.7. The van der Waals surface area contributed by atoms with Crippen molar-refractivity contribution in [1.82, 2.24) is 66.4 Å². The number of nitrogens with zero attached hydrogens (tertiary/aromatic N) is 9. The van der Waals surface area contributed by atoms with Crippen molar-refractivity contribution < 1.29 is 48.5 Å². The van der Waals surface area contributed by atoms with Crippen LogP contribution >= 0.6 is 68.0 Å². The highest BCUT2D eigenvalue weighted by molar-refractivity contribution is 7.15. The lowest BCUT2D eigenvalue weighted by Crippen LogP contribution is -2.45. The lowest BCUT2D eigenvalue weighted by molar-refractivity contribution is -0.148. The predicted octanol–water partition coefficient (Wildman–Crippen LogP) is 6.39. The van der Waals surface area contributed by atoms with Gasteiger partial charge in [-0.3, -0.25) is 28.8 Å². The van der Waals surface area contributed by atoms with E-state index in [4.69, 9.17) is 29.7 Å². The quantitative estimate of drug-likeness (QED) is 0.0823. The number of nitrogens with one attached hydrogen (secondary N) is 5. The second-order valence-corrected chi connectivity index (χ2v) is 25.4. The summed E-state index contributed by atoms with van der Waals surface area (Å²) in [6, 6.07) is 7.71. The molecule has 1 saturated heterocycles. The molecule has 7 N–H and O–H groups in total. The van der Waals surface area contributed by atoms with Gasteiger partial charge >= 0.3 is 5.97 Å². The molecule has 0 saturated carbocycles. The highest BCUT2D eigenvalue weighted by Crippen LogP contribution is 2.40. The average molecular weight is 1250 g/mol. The van der Waals surface area contributed by atoms with Crippen LogP contribution in [0.2, 0.25) is 0 Å². The number of hydrogen-bond donors (Lipinski definition) is 7. The second kappa shape index (κ2) is 24.6. The fourth-order valence-electron chi connectivity index (χ4n) is 9.43. The first-order chi connectivity index (χ1) is 40.5. The van der Waals surface area contributed by atoms with E-state index in [-0.39, 0.29) is 41.9 Å². The number of amides is 6. The molecule has 3 aliphatic heterocycles. The maximum Gasteiger partial charge on any atom is 0.326 e. The van der Waals surface area contributed by atoms with Gasteiger partial charge in [-0.15, -0.1) is 68.0 Å². The molecule has 10 bridgehead atoms. The van der Waals surface area contributed by atoms with Crippen molar-refractivity contribution in [2.75, 3.05) is 26.7 Å². The van der Waals surface area contributed by atoms with E-state index in [0.29, 0.717) is 93.9 Å². The van der Waals surface area contributed by atoms with Gasteiger partial charge in [0.05, 0.1) is 30.7 Å². The SMILES string of the molecule is CNC(=O)CC1NC(=O)c2csc(n2)-c2ccc(-c3nc(C4=NC(C(=O)N5CCCC5C(=O)O)CO4)cs3)nc2-c2csc(n2)-c2csc(n2)C(C(O)c2ccccc2)NC(=O)CNC(=O)c2csc(n2)C(C(C)C)NC(=O)c2nc1sc2C. The highest BCUT2D eigenvalue weighted by Gasteiger charge is 2.40. The molecule has 30 heteroatoms. The van der Waals surface area contributed by atoms with Gasteiger partial charge in [-0.1, -0.05) is 44.2 Å². The Balaban J connectivity index is 0.961. The summed E-state index contributed by atoms with van der Waals surface area (Å²) in [6.07, 6.45) is -0.550. The van der Waals surface area contributed by atoms with Crippen LogP contribution < -0.4 is 26.6 Å². The van der Waals surface area contributed by atoms with Crippen molar-refractivity contribution in [2.24, 2.45) is 10.9 Å². The zero-order valence-electron chi connectivity index (χ0n) is 44.8. The van der Waals surface area contributed by atoms with Crippen LogP contribution in [0.15, 0.2) is 74.4 Å². The fourth-order valence-corrected chi connectivity index (χ4v) is 14.7. The van der Waals surface area contributed by atoms with Crippen molar-refractivity contribution in [3.63, 3.8) is 0 Å². The predicted molar refractivity (Wildman–Crippen MR) is 315 cm³/mol. The van der Waals surface area contributed by atoms with Gasteiger partial charge in [0.25, 0.3) is 23.6 Å². The van der Waals surface area contributed by atoms with Crippen LogP contribution in [-0.4, -0.2) is 136 Å². The average Bonchev–Trinajstić information content (AvgIpc) is 3.02. The molecule has 0 spiro atoms. The minimum absolute atomic E-state index is 0.0186. The number of aliphatic carboxylic acids is 1. The summed E-state index contributed by atoms with van der Waals surface area (Å²) >= 11 is 7.17. The number of fused-ring (bicyclic) bond motifs is 14. The Hall–Kier alpha value is -8.13. The molecule has 11 rings (SSSR count). The molecule has 8 aromatic rings. The molecule has 6 amide bonds. The Bertz CT molecular complexity index is 3890. The number of benzene rings is 1. The van der Waals surface area contributed by atoms with E-state index in [1.54, 1.807) is 70.9 Å². The molecule has 1 aromatic carbocycles. The summed E-state index contributed by atoms with van der Waals surface area (Å²) in [4.78, 5) is 134. The molecule has 6 unspecified atom stereocenters. The van der Waals surface area contributed by atoms with Crippen molar-refractivity contribution >= 4 is 115 Å². The number of aliphatic hydroxyl groups is 1. The van der Waals surface area contributed by atoms with E-state index in [1.807, 2.05) is 13.8 Å². The number of carbonyl (C=O) groups is 7. The second-order valence-electron chi connectivity index (χ2n) is 19.8. The molecular formula is C54H50N14O10S6. The fraction of sp³-hybridized carbons (Fsp3) is 0.315. The third kappa shape index (κ3) is 12.1. The van der Waals surface area contributed by atoms with Gasteiger partial charge in [0.2, 0.25) is 17.7 Å². The Kier molecular flexibility index (Phi) is 16.9. The molecule has 10 heterocycles. The molecule has 432 valence electrons. The van der Waals surface area contributed by atoms with E-state index in [9.17, 15) is 43.8 Å². The number of ether oxygens (including phenoxy) is 1. The lowest BCUT2D eigenvalue weighted by Gasteiger charge is -2.23. The Morgan fingerprint density at radius 3 is 2.14 bits per heavy atom. The topological polar surface area (TPSA) is 335 Å². The summed E-state index contributed by atoms with van der Waals surface area (Å²) < 4.78 is 5.86. The number of hydrogen-bond acceptors (Lipinski definition) is 23. The number of carboxylic acid groups (broad SMARTS) is 1. The molecule has 1 fully saturated rings. The van der Waals surface area contributed by atoms with Gasteiger partial charge in [-0.2, -0.15) is 0 Å². The molecule has 84 heavy (non-hydrogen) atoms. The van der Waals surface area contributed by atoms with Crippen LogP contribution in [0.3, 0.4) is 0 Å². The summed E-state index contributed by atoms with van der Waals surface area (Å²) in [7, 11) is 1.47. The number of aliphatic imine (C=N–C) groups is 1. The third-order valence-corrected chi connectivity index (χ3v) is 19.3. The zero-order valence-corrected chi connectivity index (χ0v) is 49.7. The maximum absolute atomic E-state index is 14.3. The molecule has 6 atom stereocenters. The highest BCUT2D eigenvalue weighted by atomic mass is 32.1. The minimum Gasteiger partial charge on any atom is -0.480 e. The monoisotopic (exact) mass is 1250 g/mol. The number of thiazole rings is 6. The van der Waals surface area contributed by atoms with E-state index < -0.39 is 84.3 Å². The van der Waals surface area contributed by atoms with E-state index in [1.165, 1.54) is 62.7 Å². The Morgan fingerprint density at radius 1 is 0.714 bits per heavy atom. The summed E-state index contributed by atoms with van der Waals surface area (Å²) in [5, 5.41) is 46.3. The maximum atomic E-state index is 14.3.